The number of carbonyl (C=O) groups excluding carboxylic acids is 7. The number of fused-ring (bicyclic) bond motifs is 3. The van der Waals surface area contributed by atoms with Crippen molar-refractivity contribution in [3.05, 3.63) is 0 Å². The standard InChI is InChI=1S/C42H63F2N3O7/c1-39(2,3)27(23-46-32(50)21-40(4,5)22-33(46)51)20-29(48)18-26-12-10-8-9-11-16-42(43,44)17-15-25(36(52)37(53)45-28-13-14-28)19-31(49)35-34-30(41(34,6)7)24-47(35)38(26)54/h25-28,30,34-35H,8-24H2,1-7H3,(H,45,53)/t25-,26+,27-,30+,34+,35-/m1/s1. The van der Waals surface area contributed by atoms with Gasteiger partial charge < -0.3 is 10.2 Å². The van der Waals surface area contributed by atoms with E-state index in [9.17, 15) is 33.6 Å². The first-order valence-electron chi connectivity index (χ1n) is 20.4. The number of halogens is 2. The Morgan fingerprint density at radius 2 is 1.50 bits per heavy atom. The zero-order chi connectivity index (χ0) is 40.0. The number of imide groups is 1. The molecule has 12 heteroatoms. The largest absolute Gasteiger partial charge is 0.347 e. The molecule has 6 atom stereocenters. The highest BCUT2D eigenvalue weighted by molar-refractivity contribution is 6.37. The fourth-order valence-electron chi connectivity index (χ4n) is 9.34. The van der Waals surface area contributed by atoms with E-state index in [2.05, 4.69) is 5.32 Å². The van der Waals surface area contributed by atoms with Crippen LogP contribution in [0.5, 0.6) is 0 Å². The molecule has 0 aromatic rings. The molecule has 5 fully saturated rings. The van der Waals surface area contributed by atoms with Gasteiger partial charge in [0.05, 0.1) is 6.04 Å². The number of ketones is 3. The molecule has 2 saturated carbocycles. The summed E-state index contributed by atoms with van der Waals surface area (Å²) in [4.78, 5) is 98.0. The summed E-state index contributed by atoms with van der Waals surface area (Å²) in [7, 11) is 0. The summed E-state index contributed by atoms with van der Waals surface area (Å²) < 4.78 is 30.2. The second kappa shape index (κ2) is 15.8. The molecule has 0 spiro atoms. The van der Waals surface area contributed by atoms with Gasteiger partial charge in [0.15, 0.2) is 5.78 Å². The quantitative estimate of drug-likeness (QED) is 0.210. The maximum atomic E-state index is 15.1. The first kappa shape index (κ1) is 42.1. The molecule has 3 aliphatic heterocycles. The van der Waals surface area contributed by atoms with E-state index in [0.29, 0.717) is 32.2 Å². The third-order valence-corrected chi connectivity index (χ3v) is 13.3. The van der Waals surface area contributed by atoms with Crippen LogP contribution in [0.3, 0.4) is 0 Å². The predicted octanol–water partition coefficient (Wildman–Crippen LogP) is 6.47. The molecule has 5 aliphatic rings. The molecule has 0 aromatic heterocycles. The lowest BCUT2D eigenvalue weighted by Crippen LogP contribution is -2.50. The van der Waals surface area contributed by atoms with Crippen molar-refractivity contribution in [1.82, 2.24) is 15.1 Å². The third kappa shape index (κ3) is 10.0. The zero-order valence-corrected chi connectivity index (χ0v) is 33.6. The Morgan fingerprint density at radius 3 is 2.11 bits per heavy atom. The molecule has 5 rings (SSSR count). The van der Waals surface area contributed by atoms with Crippen LogP contribution in [0.2, 0.25) is 0 Å². The fourth-order valence-corrected chi connectivity index (χ4v) is 9.34. The molecule has 0 unspecified atom stereocenters. The van der Waals surface area contributed by atoms with Gasteiger partial charge in [-0.05, 0) is 66.1 Å². The minimum atomic E-state index is -3.05. The van der Waals surface area contributed by atoms with E-state index in [1.54, 1.807) is 4.90 Å². The monoisotopic (exact) mass is 759 g/mol. The van der Waals surface area contributed by atoms with E-state index in [1.165, 1.54) is 4.90 Å². The van der Waals surface area contributed by atoms with Crippen LogP contribution in [0.1, 0.15) is 145 Å². The first-order chi connectivity index (χ1) is 25.0. The highest BCUT2D eigenvalue weighted by Crippen LogP contribution is 2.65. The Hall–Kier alpha value is -3.05. The number of hydrogen-bond acceptors (Lipinski definition) is 7. The van der Waals surface area contributed by atoms with E-state index in [4.69, 9.17) is 0 Å². The van der Waals surface area contributed by atoms with Crippen molar-refractivity contribution < 1.29 is 42.3 Å². The molecular weight excluding hydrogens is 696 g/mol. The van der Waals surface area contributed by atoms with Gasteiger partial charge in [0, 0.05) is 75.9 Å². The second-order valence-corrected chi connectivity index (χ2v) is 19.8. The number of Topliss-reactive ketones (excluding diaryl/α,β-unsaturated/α-hetero) is 3. The number of likely N-dealkylation sites (tertiary alicyclic amines) is 1. The number of hydrogen-bond donors (Lipinski definition) is 1. The predicted molar refractivity (Wildman–Crippen MR) is 198 cm³/mol. The molecule has 0 aromatic carbocycles. The van der Waals surface area contributed by atoms with Crippen LogP contribution >= 0.6 is 0 Å². The van der Waals surface area contributed by atoms with Gasteiger partial charge in [-0.3, -0.25) is 38.5 Å². The van der Waals surface area contributed by atoms with Crippen molar-refractivity contribution in [3.63, 3.8) is 0 Å². The number of nitrogens with one attached hydrogen (secondary N) is 1. The smallest absolute Gasteiger partial charge is 0.287 e. The summed E-state index contributed by atoms with van der Waals surface area (Å²) in [5, 5.41) is 2.65. The highest BCUT2D eigenvalue weighted by atomic mass is 19.3. The Balaban J connectivity index is 1.36. The molecule has 4 amide bonds. The summed E-state index contributed by atoms with van der Waals surface area (Å²) in [6.45, 7) is 14.2. The highest BCUT2D eigenvalue weighted by Gasteiger charge is 2.69. The summed E-state index contributed by atoms with van der Waals surface area (Å²) in [5.41, 5.74) is -1.09. The van der Waals surface area contributed by atoms with E-state index >= 15 is 8.78 Å². The zero-order valence-electron chi connectivity index (χ0n) is 33.6. The van der Waals surface area contributed by atoms with Crippen LogP contribution in [0, 0.1) is 45.8 Å². The molecule has 10 nitrogen and oxygen atoms in total. The number of alkyl halides is 2. The van der Waals surface area contributed by atoms with E-state index in [0.717, 1.165) is 12.8 Å². The van der Waals surface area contributed by atoms with Crippen LogP contribution in [0.4, 0.5) is 8.78 Å². The van der Waals surface area contributed by atoms with Crippen LogP contribution < -0.4 is 5.32 Å². The minimum absolute atomic E-state index is 0.0420. The second-order valence-electron chi connectivity index (χ2n) is 19.8. The van der Waals surface area contributed by atoms with Crippen LogP contribution in [0.25, 0.3) is 0 Å². The summed E-state index contributed by atoms with van der Waals surface area (Å²) in [6.07, 6.45) is 2.57. The first-order valence-corrected chi connectivity index (χ1v) is 20.4. The van der Waals surface area contributed by atoms with Crippen molar-refractivity contribution in [3.8, 4) is 0 Å². The van der Waals surface area contributed by atoms with E-state index < -0.39 is 64.9 Å². The van der Waals surface area contributed by atoms with Gasteiger partial charge in [-0.1, -0.05) is 67.7 Å². The normalized spacial score (nSPS) is 31.0. The fraction of sp³-hybridized carbons (Fsp3) is 0.833. The summed E-state index contributed by atoms with van der Waals surface area (Å²) >= 11 is 0. The number of amides is 4. The van der Waals surface area contributed by atoms with Gasteiger partial charge in [-0.15, -0.1) is 0 Å². The van der Waals surface area contributed by atoms with Crippen molar-refractivity contribution in [1.29, 1.82) is 0 Å². The van der Waals surface area contributed by atoms with Gasteiger partial charge in [0.25, 0.3) is 5.91 Å². The molecule has 1 N–H and O–H groups in total. The molecule has 0 bridgehead atoms. The Morgan fingerprint density at radius 1 is 0.870 bits per heavy atom. The SMILES string of the molecule is CC1(C)CC(=O)N(C[C@@H](CC(=O)C[C@@H]2CCCCCCC(F)(F)CC[C@@H](C(=O)C(=O)NC3CC3)CC(=O)[C@@H]3[C@@H]4[C@H](CN3C2=O)C4(C)C)C(C)(C)C)C(=O)C1. The molecule has 302 valence electrons. The number of rotatable bonds is 9. The maximum absolute atomic E-state index is 15.1. The lowest BCUT2D eigenvalue weighted by Gasteiger charge is -2.39. The van der Waals surface area contributed by atoms with Crippen molar-refractivity contribution in [2.24, 2.45) is 45.8 Å². The molecule has 2 aliphatic carbocycles. The van der Waals surface area contributed by atoms with E-state index in [1.807, 2.05) is 48.5 Å². The van der Waals surface area contributed by atoms with Gasteiger partial charge >= 0.3 is 0 Å². The average Bonchev–Trinajstić information content (AvgIpc) is 3.90. The van der Waals surface area contributed by atoms with Crippen molar-refractivity contribution in [2.75, 3.05) is 13.1 Å². The molecule has 3 heterocycles. The molecule has 54 heavy (non-hydrogen) atoms. The van der Waals surface area contributed by atoms with Crippen LogP contribution in [-0.2, 0) is 33.6 Å². The lowest BCUT2D eigenvalue weighted by atomic mass is 9.75. The summed E-state index contributed by atoms with van der Waals surface area (Å²) in [5.74, 6) is -8.52. The summed E-state index contributed by atoms with van der Waals surface area (Å²) in [6, 6.07) is -0.978. The van der Waals surface area contributed by atoms with Crippen molar-refractivity contribution >= 4 is 41.0 Å². The Bertz CT molecular complexity index is 1490. The number of piperidine rings is 2. The molecular formula is C42H63F2N3O7. The Kier molecular flexibility index (Phi) is 12.3. The van der Waals surface area contributed by atoms with Crippen LogP contribution in [-0.4, -0.2) is 81.9 Å². The van der Waals surface area contributed by atoms with Crippen molar-refractivity contribution in [2.45, 2.75) is 163 Å². The van der Waals surface area contributed by atoms with Gasteiger partial charge in [-0.25, -0.2) is 8.78 Å². The van der Waals surface area contributed by atoms with Crippen LogP contribution in [0.15, 0.2) is 0 Å². The number of carbonyl (C=O) groups is 7. The van der Waals surface area contributed by atoms with Gasteiger partial charge in [0.2, 0.25) is 29.4 Å². The van der Waals surface area contributed by atoms with Gasteiger partial charge in [-0.2, -0.15) is 0 Å². The Labute approximate surface area is 319 Å². The third-order valence-electron chi connectivity index (χ3n) is 13.3. The number of nitrogens with zero attached hydrogens (tertiary/aromatic N) is 2. The van der Waals surface area contributed by atoms with E-state index in [-0.39, 0.29) is 104 Å². The molecule has 0 radical (unpaired) electrons. The lowest BCUT2D eigenvalue weighted by molar-refractivity contribution is -0.154. The average molecular weight is 760 g/mol. The van der Waals surface area contributed by atoms with Gasteiger partial charge in [0.1, 0.15) is 5.78 Å². The minimum Gasteiger partial charge on any atom is -0.347 e. The topological polar surface area (TPSA) is 138 Å². The molecule has 3 saturated heterocycles. The maximum Gasteiger partial charge on any atom is 0.287 e.